The number of fused-ring (bicyclic) bond motifs is 1. The molecule has 0 amide bonds. The molecular formula is C22H29N3O4S. The van der Waals surface area contributed by atoms with Crippen molar-refractivity contribution in [2.45, 2.75) is 44.4 Å². The summed E-state index contributed by atoms with van der Waals surface area (Å²) < 4.78 is 16.8. The Kier molecular flexibility index (Phi) is 6.86. The molecule has 2 atom stereocenters. The van der Waals surface area contributed by atoms with Gasteiger partial charge >= 0.3 is 0 Å². The van der Waals surface area contributed by atoms with Crippen molar-refractivity contribution in [3.05, 3.63) is 40.2 Å². The van der Waals surface area contributed by atoms with Gasteiger partial charge in [0.25, 0.3) is 5.56 Å². The second kappa shape index (κ2) is 9.76. The number of nitrogens with one attached hydrogen (secondary N) is 2. The topological polar surface area (TPSA) is 75.8 Å². The number of benzene rings is 1. The summed E-state index contributed by atoms with van der Waals surface area (Å²) >= 11 is 5.69. The Balaban J connectivity index is 1.52. The first-order chi connectivity index (χ1) is 14.6. The summed E-state index contributed by atoms with van der Waals surface area (Å²) in [6.07, 6.45) is 4.54. The lowest BCUT2D eigenvalue weighted by molar-refractivity contribution is 0.0885. The van der Waals surface area contributed by atoms with Crippen LogP contribution in [0.25, 0.3) is 10.9 Å². The molecule has 2 aliphatic heterocycles. The van der Waals surface area contributed by atoms with Gasteiger partial charge in [0, 0.05) is 42.8 Å². The van der Waals surface area contributed by atoms with Gasteiger partial charge in [0.2, 0.25) is 0 Å². The number of pyridine rings is 1. The lowest BCUT2D eigenvalue weighted by atomic mass is 10.1. The number of hydrogen-bond donors (Lipinski definition) is 2. The predicted molar refractivity (Wildman–Crippen MR) is 120 cm³/mol. The molecule has 162 valence electrons. The molecule has 0 saturated carbocycles. The Morgan fingerprint density at radius 1 is 1.23 bits per heavy atom. The Morgan fingerprint density at radius 2 is 2.00 bits per heavy atom. The molecule has 0 aliphatic carbocycles. The second-order valence-corrected chi connectivity index (χ2v) is 8.30. The smallest absolute Gasteiger partial charge is 0.253 e. The number of ether oxygens (including phenoxy) is 3. The zero-order chi connectivity index (χ0) is 20.9. The van der Waals surface area contributed by atoms with Gasteiger partial charge in [-0.15, -0.1) is 0 Å². The van der Waals surface area contributed by atoms with Crippen LogP contribution < -0.4 is 15.6 Å². The second-order valence-electron chi connectivity index (χ2n) is 7.91. The number of hydrogen-bond acceptors (Lipinski definition) is 5. The zero-order valence-electron chi connectivity index (χ0n) is 17.3. The third-order valence-electron chi connectivity index (χ3n) is 5.73. The molecule has 30 heavy (non-hydrogen) atoms. The number of H-pyrrole nitrogens is 1. The Hall–Kier alpha value is -2.16. The number of rotatable bonds is 7. The monoisotopic (exact) mass is 431 g/mol. The summed E-state index contributed by atoms with van der Waals surface area (Å²) in [4.78, 5) is 17.7. The van der Waals surface area contributed by atoms with E-state index in [1.165, 1.54) is 0 Å². The number of aromatic nitrogens is 1. The van der Waals surface area contributed by atoms with Crippen molar-refractivity contribution >= 4 is 28.2 Å². The van der Waals surface area contributed by atoms with Crippen LogP contribution in [-0.2, 0) is 16.0 Å². The molecular weight excluding hydrogens is 402 g/mol. The van der Waals surface area contributed by atoms with E-state index in [9.17, 15) is 4.79 Å². The van der Waals surface area contributed by atoms with Crippen LogP contribution in [0.3, 0.4) is 0 Å². The minimum absolute atomic E-state index is 0.105. The molecule has 0 bridgehead atoms. The van der Waals surface area contributed by atoms with E-state index in [0.717, 1.165) is 55.5 Å². The van der Waals surface area contributed by atoms with Crippen LogP contribution in [0.1, 0.15) is 31.2 Å². The molecule has 0 unspecified atom stereocenters. The average Bonchev–Trinajstić information content (AvgIpc) is 3.46. The quantitative estimate of drug-likeness (QED) is 0.653. The summed E-state index contributed by atoms with van der Waals surface area (Å²) in [6, 6.07) is 7.54. The van der Waals surface area contributed by atoms with Gasteiger partial charge in [0.05, 0.1) is 25.9 Å². The minimum atomic E-state index is -0.105. The highest BCUT2D eigenvalue weighted by Gasteiger charge is 2.23. The lowest BCUT2D eigenvalue weighted by Gasteiger charge is -2.28. The number of nitrogens with zero attached hydrogens (tertiary/aromatic N) is 1. The molecule has 1 aromatic heterocycles. The van der Waals surface area contributed by atoms with Crippen molar-refractivity contribution in [3.8, 4) is 5.75 Å². The molecule has 2 fully saturated rings. The van der Waals surface area contributed by atoms with E-state index in [1.807, 2.05) is 29.2 Å². The predicted octanol–water partition coefficient (Wildman–Crippen LogP) is 2.57. The lowest BCUT2D eigenvalue weighted by Crippen LogP contribution is -2.45. The van der Waals surface area contributed by atoms with Crippen molar-refractivity contribution in [2.24, 2.45) is 0 Å². The van der Waals surface area contributed by atoms with Crippen molar-refractivity contribution in [1.82, 2.24) is 15.2 Å². The van der Waals surface area contributed by atoms with Crippen molar-refractivity contribution in [1.29, 1.82) is 0 Å². The molecule has 3 heterocycles. The van der Waals surface area contributed by atoms with Crippen LogP contribution in [0.15, 0.2) is 29.1 Å². The molecule has 1 aromatic carbocycles. The van der Waals surface area contributed by atoms with Crippen molar-refractivity contribution in [3.63, 3.8) is 0 Å². The van der Waals surface area contributed by atoms with Gasteiger partial charge in [-0.1, -0.05) is 0 Å². The third kappa shape index (κ3) is 5.11. The summed E-state index contributed by atoms with van der Waals surface area (Å²) in [6.45, 7) is 3.36. The van der Waals surface area contributed by atoms with Crippen LogP contribution in [0.2, 0.25) is 0 Å². The Labute approximate surface area is 181 Å². The maximum Gasteiger partial charge on any atom is 0.253 e. The van der Waals surface area contributed by atoms with E-state index < -0.39 is 0 Å². The summed E-state index contributed by atoms with van der Waals surface area (Å²) in [5.74, 6) is 0.755. The Bertz CT molecular complexity index is 936. The highest BCUT2D eigenvalue weighted by Crippen LogP contribution is 2.20. The maximum absolute atomic E-state index is 12.7. The van der Waals surface area contributed by atoms with Gasteiger partial charge in [0.1, 0.15) is 5.75 Å². The van der Waals surface area contributed by atoms with Crippen LogP contribution in [0.4, 0.5) is 0 Å². The summed E-state index contributed by atoms with van der Waals surface area (Å²) in [5, 5.41) is 4.90. The van der Waals surface area contributed by atoms with Gasteiger partial charge in [-0.05, 0) is 62.2 Å². The molecule has 4 rings (SSSR count). The highest BCUT2D eigenvalue weighted by molar-refractivity contribution is 7.80. The van der Waals surface area contributed by atoms with E-state index in [4.69, 9.17) is 26.4 Å². The zero-order valence-corrected chi connectivity index (χ0v) is 18.1. The third-order valence-corrected chi connectivity index (χ3v) is 6.13. The molecule has 2 aromatic rings. The fourth-order valence-electron chi connectivity index (χ4n) is 4.05. The van der Waals surface area contributed by atoms with Crippen LogP contribution >= 0.6 is 12.2 Å². The number of methoxy groups -OCH3 is 1. The fourth-order valence-corrected chi connectivity index (χ4v) is 4.27. The molecule has 0 spiro atoms. The molecule has 2 saturated heterocycles. The number of thiocarbonyl (C=S) groups is 1. The van der Waals surface area contributed by atoms with Crippen LogP contribution in [0, 0.1) is 0 Å². The first-order valence-electron chi connectivity index (χ1n) is 10.6. The van der Waals surface area contributed by atoms with E-state index >= 15 is 0 Å². The van der Waals surface area contributed by atoms with Crippen molar-refractivity contribution < 1.29 is 14.2 Å². The molecule has 8 heteroatoms. The van der Waals surface area contributed by atoms with E-state index in [1.54, 1.807) is 7.11 Å². The first-order valence-corrected chi connectivity index (χ1v) is 11.0. The summed E-state index contributed by atoms with van der Waals surface area (Å²) in [5.41, 5.74) is 1.34. The molecule has 7 nitrogen and oxygen atoms in total. The molecule has 0 radical (unpaired) electrons. The SMILES string of the molecule is COc1ccc2[nH]c(=O)c(CN(C[C@H]3CCCO3)C(=S)NC[C@H]3CCCO3)cc2c1. The minimum Gasteiger partial charge on any atom is -0.497 e. The molecule has 2 N–H and O–H groups in total. The van der Waals surface area contributed by atoms with Gasteiger partial charge in [-0.3, -0.25) is 4.79 Å². The highest BCUT2D eigenvalue weighted by atomic mass is 32.1. The van der Waals surface area contributed by atoms with E-state index in [0.29, 0.717) is 30.3 Å². The first kappa shape index (κ1) is 21.1. The standard InChI is InChI=1S/C22H29N3O4S/c1-27-17-6-7-20-15(11-17)10-16(21(26)24-20)13-25(14-19-5-3-9-29-19)22(30)23-12-18-4-2-8-28-18/h6-7,10-11,18-19H,2-5,8-9,12-14H2,1H3,(H,23,30)(H,24,26)/t18-,19-/m1/s1. The molecule has 2 aliphatic rings. The van der Waals surface area contributed by atoms with Crippen LogP contribution in [0.5, 0.6) is 5.75 Å². The summed E-state index contributed by atoms with van der Waals surface area (Å²) in [7, 11) is 1.63. The van der Waals surface area contributed by atoms with E-state index in [-0.39, 0.29) is 17.8 Å². The maximum atomic E-state index is 12.7. The van der Waals surface area contributed by atoms with Crippen LogP contribution in [-0.4, -0.2) is 60.6 Å². The Morgan fingerprint density at radius 3 is 2.70 bits per heavy atom. The number of aromatic amines is 1. The van der Waals surface area contributed by atoms with E-state index in [2.05, 4.69) is 10.3 Å². The van der Waals surface area contributed by atoms with Gasteiger partial charge < -0.3 is 29.4 Å². The van der Waals surface area contributed by atoms with Gasteiger partial charge in [-0.2, -0.15) is 0 Å². The largest absolute Gasteiger partial charge is 0.497 e. The fraction of sp³-hybridized carbons (Fsp3) is 0.545. The average molecular weight is 432 g/mol. The van der Waals surface area contributed by atoms with Gasteiger partial charge in [0.15, 0.2) is 5.11 Å². The van der Waals surface area contributed by atoms with Crippen molar-refractivity contribution in [2.75, 3.05) is 33.4 Å². The van der Waals surface area contributed by atoms with Gasteiger partial charge in [-0.25, -0.2) is 0 Å². The normalized spacial score (nSPS) is 21.1.